The van der Waals surface area contributed by atoms with Crippen molar-refractivity contribution in [2.45, 2.75) is 11.7 Å². The number of nitrogen functional groups attached to an aromatic ring is 1. The monoisotopic (exact) mass is 454 g/mol. The normalized spacial score (nSPS) is 11.0. The minimum atomic E-state index is -0.361. The summed E-state index contributed by atoms with van der Waals surface area (Å²) in [5, 5.41) is 2.61. The highest BCUT2D eigenvalue weighted by Gasteiger charge is 2.18. The van der Waals surface area contributed by atoms with Crippen LogP contribution in [0.4, 0.5) is 4.39 Å². The van der Waals surface area contributed by atoms with Crippen LogP contribution >= 0.6 is 23.1 Å². The van der Waals surface area contributed by atoms with E-state index < -0.39 is 0 Å². The summed E-state index contributed by atoms with van der Waals surface area (Å²) in [6.07, 6.45) is 0. The van der Waals surface area contributed by atoms with E-state index in [9.17, 15) is 14.0 Å². The zero-order valence-corrected chi connectivity index (χ0v) is 18.3. The van der Waals surface area contributed by atoms with E-state index in [1.807, 2.05) is 35.7 Å². The number of hydrogen-bond donors (Lipinski definition) is 1. The van der Waals surface area contributed by atoms with Crippen LogP contribution < -0.4 is 11.4 Å². The lowest BCUT2D eigenvalue weighted by Crippen LogP contribution is -2.31. The van der Waals surface area contributed by atoms with Gasteiger partial charge in [0.05, 0.1) is 11.1 Å². The maximum Gasteiger partial charge on any atom is 0.282 e. The Kier molecular flexibility index (Phi) is 6.06. The minimum absolute atomic E-state index is 0.0248. The molecule has 158 valence electrons. The summed E-state index contributed by atoms with van der Waals surface area (Å²) in [5.41, 5.74) is 1.78. The average molecular weight is 455 g/mol. The fourth-order valence-electron chi connectivity index (χ4n) is 3.12. The number of benzene rings is 2. The molecule has 9 heteroatoms. The molecule has 0 saturated heterocycles. The number of nitrogens with two attached hydrogens (primary N) is 1. The summed E-state index contributed by atoms with van der Waals surface area (Å²) in [7, 11) is 1.60. The number of carbonyl (C=O) groups excluding carboxylic acids is 1. The van der Waals surface area contributed by atoms with Crippen LogP contribution in [0.1, 0.15) is 5.56 Å². The Balaban J connectivity index is 1.53. The van der Waals surface area contributed by atoms with Crippen LogP contribution in [0.5, 0.6) is 0 Å². The molecule has 0 aliphatic heterocycles. The molecule has 0 aliphatic rings. The lowest BCUT2D eigenvalue weighted by molar-refractivity contribution is -0.127. The third kappa shape index (κ3) is 4.33. The third-order valence-corrected chi connectivity index (χ3v) is 6.62. The Morgan fingerprint density at radius 3 is 2.65 bits per heavy atom. The molecule has 6 nitrogen and oxygen atoms in total. The first kappa shape index (κ1) is 21.1. The Bertz CT molecular complexity index is 1300. The van der Waals surface area contributed by atoms with E-state index in [4.69, 9.17) is 5.84 Å². The van der Waals surface area contributed by atoms with Gasteiger partial charge in [-0.05, 0) is 11.6 Å². The van der Waals surface area contributed by atoms with Gasteiger partial charge in [-0.1, -0.05) is 60.3 Å². The molecule has 0 spiro atoms. The second-order valence-electron chi connectivity index (χ2n) is 6.89. The first-order valence-electron chi connectivity index (χ1n) is 9.40. The summed E-state index contributed by atoms with van der Waals surface area (Å²) in [5.74, 6) is 5.46. The predicted molar refractivity (Wildman–Crippen MR) is 123 cm³/mol. The van der Waals surface area contributed by atoms with Crippen molar-refractivity contribution in [3.63, 3.8) is 0 Å². The topological polar surface area (TPSA) is 81.2 Å². The SMILES string of the molecule is CN(Cc1ccccc1F)C(=O)CSc1nc2scc(-c3ccccc3)c2c(=O)n1N. The van der Waals surface area contributed by atoms with Gasteiger partial charge in [0.2, 0.25) is 5.91 Å². The highest BCUT2D eigenvalue weighted by atomic mass is 32.2. The van der Waals surface area contributed by atoms with E-state index in [2.05, 4.69) is 4.98 Å². The fraction of sp³-hybridized carbons (Fsp3) is 0.136. The lowest BCUT2D eigenvalue weighted by Gasteiger charge is -2.17. The van der Waals surface area contributed by atoms with E-state index in [0.29, 0.717) is 15.8 Å². The molecule has 0 radical (unpaired) electrons. The number of fused-ring (bicyclic) bond motifs is 1. The molecule has 2 aromatic carbocycles. The molecule has 0 unspecified atom stereocenters. The lowest BCUT2D eigenvalue weighted by atomic mass is 10.1. The number of rotatable bonds is 6. The third-order valence-electron chi connectivity index (χ3n) is 4.81. The van der Waals surface area contributed by atoms with Crippen LogP contribution in [-0.2, 0) is 11.3 Å². The molecule has 0 aliphatic carbocycles. The van der Waals surface area contributed by atoms with Gasteiger partial charge >= 0.3 is 0 Å². The van der Waals surface area contributed by atoms with Gasteiger partial charge in [-0.15, -0.1) is 11.3 Å². The molecule has 0 atom stereocenters. The first-order chi connectivity index (χ1) is 15.0. The smallest absolute Gasteiger partial charge is 0.282 e. The highest BCUT2D eigenvalue weighted by molar-refractivity contribution is 7.99. The number of amides is 1. The van der Waals surface area contributed by atoms with E-state index in [0.717, 1.165) is 27.6 Å². The van der Waals surface area contributed by atoms with Crippen molar-refractivity contribution in [3.8, 4) is 11.1 Å². The van der Waals surface area contributed by atoms with Crippen molar-refractivity contribution in [1.29, 1.82) is 0 Å². The second-order valence-corrected chi connectivity index (χ2v) is 8.70. The molecule has 2 N–H and O–H groups in total. The number of halogens is 1. The van der Waals surface area contributed by atoms with Crippen molar-refractivity contribution in [3.05, 3.63) is 81.7 Å². The zero-order valence-electron chi connectivity index (χ0n) is 16.6. The molecule has 4 aromatic rings. The molecule has 1 amide bonds. The zero-order chi connectivity index (χ0) is 22.0. The van der Waals surface area contributed by atoms with Gasteiger partial charge in [0, 0.05) is 30.1 Å². The molecule has 31 heavy (non-hydrogen) atoms. The van der Waals surface area contributed by atoms with Crippen LogP contribution in [0.3, 0.4) is 0 Å². The first-order valence-corrected chi connectivity index (χ1v) is 11.3. The van der Waals surface area contributed by atoms with Crippen molar-refractivity contribution in [2.75, 3.05) is 18.6 Å². The number of carbonyl (C=O) groups is 1. The van der Waals surface area contributed by atoms with Crippen LogP contribution in [0.15, 0.2) is 69.9 Å². The van der Waals surface area contributed by atoms with Gasteiger partial charge in [0.15, 0.2) is 5.16 Å². The summed E-state index contributed by atoms with van der Waals surface area (Å²) in [6.45, 7) is 0.152. The van der Waals surface area contributed by atoms with Crippen molar-refractivity contribution < 1.29 is 9.18 Å². The highest BCUT2D eigenvalue weighted by Crippen LogP contribution is 2.31. The van der Waals surface area contributed by atoms with E-state index in [1.54, 1.807) is 25.2 Å². The molecule has 0 saturated carbocycles. The number of hydrogen-bond acceptors (Lipinski definition) is 6. The number of aromatic nitrogens is 2. The minimum Gasteiger partial charge on any atom is -0.341 e. The van der Waals surface area contributed by atoms with Gasteiger partial charge in [-0.25, -0.2) is 14.1 Å². The Morgan fingerprint density at radius 1 is 1.19 bits per heavy atom. The average Bonchev–Trinajstić information content (AvgIpc) is 3.21. The van der Waals surface area contributed by atoms with Crippen molar-refractivity contribution in [1.82, 2.24) is 14.6 Å². The molecular formula is C22H19FN4O2S2. The van der Waals surface area contributed by atoms with Crippen molar-refractivity contribution in [2.24, 2.45) is 0 Å². The second kappa shape index (κ2) is 8.91. The van der Waals surface area contributed by atoms with Gasteiger partial charge in [0.25, 0.3) is 5.56 Å². The van der Waals surface area contributed by atoms with Crippen LogP contribution in [0, 0.1) is 5.82 Å². The molecule has 2 aromatic heterocycles. The molecule has 0 bridgehead atoms. The summed E-state index contributed by atoms with van der Waals surface area (Å²) in [6, 6.07) is 15.9. The van der Waals surface area contributed by atoms with Crippen LogP contribution in [-0.4, -0.2) is 33.3 Å². The van der Waals surface area contributed by atoms with Crippen molar-refractivity contribution >= 4 is 39.2 Å². The largest absolute Gasteiger partial charge is 0.341 e. The van der Waals surface area contributed by atoms with Crippen LogP contribution in [0.25, 0.3) is 21.3 Å². The number of nitrogens with zero attached hydrogens (tertiary/aromatic N) is 3. The molecular weight excluding hydrogens is 435 g/mol. The van der Waals surface area contributed by atoms with Gasteiger partial charge in [-0.3, -0.25) is 9.59 Å². The molecule has 2 heterocycles. The Labute approximate surface area is 186 Å². The molecule has 0 fully saturated rings. The molecule has 4 rings (SSSR count). The van der Waals surface area contributed by atoms with Crippen LogP contribution in [0.2, 0.25) is 0 Å². The Morgan fingerprint density at radius 2 is 1.90 bits per heavy atom. The summed E-state index contributed by atoms with van der Waals surface area (Å²) >= 11 is 2.44. The maximum atomic E-state index is 13.8. The fourth-order valence-corrected chi connectivity index (χ4v) is 4.97. The standard InChI is InChI=1S/C22H19FN4O2S2/c1-26(11-15-9-5-6-10-17(15)23)18(28)13-31-22-25-20-19(21(29)27(22)24)16(12-30-20)14-7-3-2-4-8-14/h2-10,12H,11,13,24H2,1H3. The number of thiophene rings is 1. The quantitative estimate of drug-likeness (QED) is 0.273. The van der Waals surface area contributed by atoms with Gasteiger partial charge < -0.3 is 10.7 Å². The van der Waals surface area contributed by atoms with Gasteiger partial charge in [0.1, 0.15) is 10.6 Å². The summed E-state index contributed by atoms with van der Waals surface area (Å²) < 4.78 is 14.8. The van der Waals surface area contributed by atoms with E-state index >= 15 is 0 Å². The summed E-state index contributed by atoms with van der Waals surface area (Å²) in [4.78, 5) is 31.9. The number of thioether (sulfide) groups is 1. The predicted octanol–water partition coefficient (Wildman–Crippen LogP) is 3.73. The van der Waals surface area contributed by atoms with E-state index in [-0.39, 0.29) is 34.7 Å². The van der Waals surface area contributed by atoms with Gasteiger partial charge in [-0.2, -0.15) is 0 Å². The van der Waals surface area contributed by atoms with E-state index in [1.165, 1.54) is 22.3 Å². The maximum absolute atomic E-state index is 13.8. The Hall–Kier alpha value is -3.17.